The zero-order chi connectivity index (χ0) is 23.5. The minimum atomic E-state index is -3.67. The van der Waals surface area contributed by atoms with Crippen molar-refractivity contribution in [3.63, 3.8) is 0 Å². The van der Waals surface area contributed by atoms with Gasteiger partial charge in [-0.3, -0.25) is 14.9 Å². The predicted octanol–water partition coefficient (Wildman–Crippen LogP) is 2.38. The summed E-state index contributed by atoms with van der Waals surface area (Å²) in [7, 11) is -0.613. The van der Waals surface area contributed by atoms with Gasteiger partial charge in [-0.05, 0) is 35.7 Å². The first-order chi connectivity index (χ1) is 15.2. The second-order valence-corrected chi connectivity index (χ2v) is 9.55. The van der Waals surface area contributed by atoms with Gasteiger partial charge >= 0.3 is 0 Å². The Morgan fingerprint density at radius 1 is 1.19 bits per heavy atom. The van der Waals surface area contributed by atoms with Crippen molar-refractivity contribution in [1.29, 1.82) is 0 Å². The van der Waals surface area contributed by atoms with Crippen LogP contribution in [0.2, 0.25) is 5.02 Å². The number of benzene rings is 2. The van der Waals surface area contributed by atoms with Crippen molar-refractivity contribution in [2.45, 2.75) is 13.0 Å². The number of fused-ring (bicyclic) bond motifs is 1. The van der Waals surface area contributed by atoms with Gasteiger partial charge in [-0.1, -0.05) is 11.6 Å². The number of carbonyl (C=O) groups excluding carboxylic acids is 1. The Bertz CT molecular complexity index is 1150. The molecule has 2 aromatic carbocycles. The Morgan fingerprint density at radius 3 is 2.47 bits per heavy atom. The molecule has 0 saturated heterocycles. The van der Waals surface area contributed by atoms with Gasteiger partial charge in [-0.15, -0.1) is 0 Å². The molecule has 3 rings (SSSR count). The Hall–Kier alpha value is -2.89. The van der Waals surface area contributed by atoms with Crippen LogP contribution in [0.1, 0.15) is 21.5 Å². The van der Waals surface area contributed by atoms with Crippen molar-refractivity contribution in [2.24, 2.45) is 0 Å². The molecule has 1 aliphatic heterocycles. The highest BCUT2D eigenvalue weighted by atomic mass is 35.5. The molecule has 1 aliphatic rings. The van der Waals surface area contributed by atoms with E-state index in [1.807, 2.05) is 6.07 Å². The first-order valence-corrected chi connectivity index (χ1v) is 11.6. The molecule has 0 unspecified atom stereocenters. The molecule has 0 radical (unpaired) electrons. The van der Waals surface area contributed by atoms with Gasteiger partial charge in [-0.25, -0.2) is 8.42 Å². The van der Waals surface area contributed by atoms with Crippen molar-refractivity contribution in [2.75, 3.05) is 33.1 Å². The number of hydrogen-bond acceptors (Lipinski definition) is 7. The van der Waals surface area contributed by atoms with Crippen LogP contribution in [0.15, 0.2) is 30.3 Å². The van der Waals surface area contributed by atoms with E-state index in [9.17, 15) is 23.3 Å². The Morgan fingerprint density at radius 2 is 1.84 bits per heavy atom. The van der Waals surface area contributed by atoms with Crippen LogP contribution in [-0.2, 0) is 23.0 Å². The predicted molar refractivity (Wildman–Crippen MR) is 118 cm³/mol. The van der Waals surface area contributed by atoms with Crippen LogP contribution in [-0.4, -0.2) is 56.6 Å². The van der Waals surface area contributed by atoms with Gasteiger partial charge in [0.2, 0.25) is 10.0 Å². The molecule has 2 aromatic rings. The van der Waals surface area contributed by atoms with E-state index in [1.165, 1.54) is 23.5 Å². The molecule has 0 aromatic heterocycles. The number of non-ortho nitro benzene ring substituents is 1. The maximum Gasteiger partial charge on any atom is 0.270 e. The molecule has 0 bridgehead atoms. The molecule has 10 nitrogen and oxygen atoms in total. The van der Waals surface area contributed by atoms with E-state index in [-0.39, 0.29) is 35.1 Å². The van der Waals surface area contributed by atoms with Crippen molar-refractivity contribution in [1.82, 2.24) is 9.62 Å². The maximum atomic E-state index is 12.8. The van der Waals surface area contributed by atoms with Crippen molar-refractivity contribution >= 4 is 33.2 Å². The number of nitrogens with zero attached hydrogens (tertiary/aromatic N) is 2. The number of ether oxygens (including phenoxy) is 2. The number of nitro benzene ring substituents is 1. The van der Waals surface area contributed by atoms with Gasteiger partial charge in [0.1, 0.15) is 0 Å². The monoisotopic (exact) mass is 483 g/mol. The molecule has 172 valence electrons. The first-order valence-electron chi connectivity index (χ1n) is 9.60. The third kappa shape index (κ3) is 5.12. The first kappa shape index (κ1) is 23.8. The van der Waals surface area contributed by atoms with Crippen LogP contribution >= 0.6 is 11.6 Å². The molecular weight excluding hydrogens is 462 g/mol. The topological polar surface area (TPSA) is 128 Å². The van der Waals surface area contributed by atoms with E-state index < -0.39 is 20.9 Å². The molecular formula is C20H22ClN3O7S. The molecule has 1 N–H and O–H groups in total. The fourth-order valence-corrected chi connectivity index (χ4v) is 4.94. The standard InChI is InChI=1S/C20H22ClN3O7S/c1-30-18-9-13-5-7-23(12-14(13)10-19(18)31-2)32(28,29)8-6-22-20(25)16-11-15(24(26)27)3-4-17(16)21/h3-4,9-11H,5-8,12H2,1-2H3,(H,22,25). The number of carbonyl (C=O) groups is 1. The van der Waals surface area contributed by atoms with Crippen LogP contribution in [0.25, 0.3) is 0 Å². The smallest absolute Gasteiger partial charge is 0.270 e. The average molecular weight is 484 g/mol. The SMILES string of the molecule is COc1cc2c(cc1OC)CN(S(=O)(=O)CCNC(=O)c1cc([N+](=O)[O-])ccc1Cl)CC2. The quantitative estimate of drug-likeness (QED) is 0.451. The lowest BCUT2D eigenvalue weighted by atomic mass is 10.0. The second kappa shape index (κ2) is 9.72. The Kier molecular flexibility index (Phi) is 7.22. The third-order valence-corrected chi connectivity index (χ3v) is 7.28. The molecule has 0 aliphatic carbocycles. The number of amides is 1. The van der Waals surface area contributed by atoms with E-state index in [0.29, 0.717) is 24.5 Å². The van der Waals surface area contributed by atoms with Gasteiger partial charge in [0.15, 0.2) is 11.5 Å². The fraction of sp³-hybridized carbons (Fsp3) is 0.350. The van der Waals surface area contributed by atoms with Crippen molar-refractivity contribution in [3.8, 4) is 11.5 Å². The highest BCUT2D eigenvalue weighted by Crippen LogP contribution is 2.33. The van der Waals surface area contributed by atoms with Gasteiger partial charge in [0.25, 0.3) is 11.6 Å². The largest absolute Gasteiger partial charge is 0.493 e. The van der Waals surface area contributed by atoms with E-state index in [4.69, 9.17) is 21.1 Å². The summed E-state index contributed by atoms with van der Waals surface area (Å²) in [6.45, 7) is 0.313. The van der Waals surface area contributed by atoms with Crippen molar-refractivity contribution in [3.05, 3.63) is 62.2 Å². The van der Waals surface area contributed by atoms with Gasteiger partial charge in [-0.2, -0.15) is 4.31 Å². The molecule has 1 heterocycles. The van der Waals surface area contributed by atoms with Gasteiger partial charge in [0, 0.05) is 31.8 Å². The fourth-order valence-electron chi connectivity index (χ4n) is 3.41. The minimum Gasteiger partial charge on any atom is -0.493 e. The van der Waals surface area contributed by atoms with Crippen LogP contribution < -0.4 is 14.8 Å². The Balaban J connectivity index is 1.65. The minimum absolute atomic E-state index is 0.0352. The van der Waals surface area contributed by atoms with E-state index in [1.54, 1.807) is 13.2 Å². The number of sulfonamides is 1. The van der Waals surface area contributed by atoms with Crippen LogP contribution in [0.3, 0.4) is 0 Å². The Labute approximate surface area is 190 Å². The molecule has 0 saturated carbocycles. The van der Waals surface area contributed by atoms with Crippen LogP contribution in [0.4, 0.5) is 5.69 Å². The summed E-state index contributed by atoms with van der Waals surface area (Å²) in [5.41, 5.74) is 1.44. The summed E-state index contributed by atoms with van der Waals surface area (Å²) in [6, 6.07) is 7.10. The summed E-state index contributed by atoms with van der Waals surface area (Å²) in [6.07, 6.45) is 0.518. The number of hydrogen-bond donors (Lipinski definition) is 1. The van der Waals surface area contributed by atoms with Gasteiger partial charge in [0.05, 0.1) is 35.5 Å². The van der Waals surface area contributed by atoms with Crippen LogP contribution in [0.5, 0.6) is 11.5 Å². The van der Waals surface area contributed by atoms with E-state index in [0.717, 1.165) is 17.2 Å². The third-order valence-electron chi connectivity index (χ3n) is 5.13. The zero-order valence-corrected chi connectivity index (χ0v) is 19.0. The molecule has 32 heavy (non-hydrogen) atoms. The van der Waals surface area contributed by atoms with E-state index in [2.05, 4.69) is 5.32 Å². The molecule has 0 spiro atoms. The lowest BCUT2D eigenvalue weighted by Gasteiger charge is -2.29. The average Bonchev–Trinajstić information content (AvgIpc) is 2.77. The summed E-state index contributed by atoms with van der Waals surface area (Å²) in [4.78, 5) is 22.6. The number of halogens is 1. The molecule has 1 amide bonds. The summed E-state index contributed by atoms with van der Waals surface area (Å²) in [5.74, 6) is 0.0971. The van der Waals surface area contributed by atoms with Gasteiger partial charge < -0.3 is 14.8 Å². The normalized spacial score (nSPS) is 13.8. The number of nitro groups is 1. The van der Waals surface area contributed by atoms with Crippen LogP contribution in [0, 0.1) is 10.1 Å². The summed E-state index contributed by atoms with van der Waals surface area (Å²) in [5, 5.41) is 13.4. The highest BCUT2D eigenvalue weighted by Gasteiger charge is 2.28. The number of rotatable bonds is 8. The maximum absolute atomic E-state index is 12.8. The molecule has 12 heteroatoms. The summed E-state index contributed by atoms with van der Waals surface area (Å²) < 4.78 is 37.6. The zero-order valence-electron chi connectivity index (χ0n) is 17.5. The molecule has 0 atom stereocenters. The lowest BCUT2D eigenvalue weighted by Crippen LogP contribution is -2.40. The second-order valence-electron chi connectivity index (χ2n) is 7.05. The van der Waals surface area contributed by atoms with Crippen molar-refractivity contribution < 1.29 is 27.6 Å². The number of methoxy groups -OCH3 is 2. The lowest BCUT2D eigenvalue weighted by molar-refractivity contribution is -0.384. The molecule has 0 fully saturated rings. The highest BCUT2D eigenvalue weighted by molar-refractivity contribution is 7.89. The summed E-state index contributed by atoms with van der Waals surface area (Å²) >= 11 is 5.95. The van der Waals surface area contributed by atoms with E-state index >= 15 is 0 Å². The number of nitrogens with one attached hydrogen (secondary N) is 1.